The molecule has 1 aliphatic carbocycles. The maximum Gasteiger partial charge on any atom is 0.310 e. The quantitative estimate of drug-likeness (QED) is 0.870. The number of rotatable bonds is 6. The van der Waals surface area contributed by atoms with Gasteiger partial charge in [0.05, 0.1) is 18.1 Å². The minimum Gasteiger partial charge on any atom is -0.481 e. The van der Waals surface area contributed by atoms with Crippen molar-refractivity contribution in [3.05, 3.63) is 35.9 Å². The van der Waals surface area contributed by atoms with Crippen LogP contribution in [0.5, 0.6) is 0 Å². The smallest absolute Gasteiger partial charge is 0.310 e. The predicted molar refractivity (Wildman–Crippen MR) is 89.4 cm³/mol. The lowest BCUT2D eigenvalue weighted by Gasteiger charge is -2.39. The van der Waals surface area contributed by atoms with E-state index in [0.717, 1.165) is 24.8 Å². The Balaban J connectivity index is 1.43. The Labute approximate surface area is 142 Å². The van der Waals surface area contributed by atoms with Crippen LogP contribution in [0.2, 0.25) is 0 Å². The van der Waals surface area contributed by atoms with Crippen molar-refractivity contribution in [2.24, 2.45) is 5.41 Å². The molecular formula is C19H25NO4. The maximum absolute atomic E-state index is 12.4. The van der Waals surface area contributed by atoms with E-state index >= 15 is 0 Å². The molecule has 1 aromatic rings. The van der Waals surface area contributed by atoms with Gasteiger partial charge in [-0.2, -0.15) is 0 Å². The zero-order valence-electron chi connectivity index (χ0n) is 13.9. The van der Waals surface area contributed by atoms with Crippen LogP contribution < -0.4 is 0 Å². The topological polar surface area (TPSA) is 66.8 Å². The summed E-state index contributed by atoms with van der Waals surface area (Å²) in [5.74, 6) is -0.832. The zero-order valence-corrected chi connectivity index (χ0v) is 13.9. The highest BCUT2D eigenvalue weighted by Gasteiger charge is 2.46. The molecule has 0 spiro atoms. The summed E-state index contributed by atoms with van der Waals surface area (Å²) in [7, 11) is 0. The number of carbonyl (C=O) groups is 2. The monoisotopic (exact) mass is 331 g/mol. The predicted octanol–water partition coefficient (Wildman–Crippen LogP) is 2.84. The molecule has 1 aliphatic heterocycles. The summed E-state index contributed by atoms with van der Waals surface area (Å²) < 4.78 is 5.94. The van der Waals surface area contributed by atoms with Gasteiger partial charge < -0.3 is 14.7 Å². The molecule has 1 heterocycles. The molecule has 1 amide bonds. The number of carboxylic acids is 1. The summed E-state index contributed by atoms with van der Waals surface area (Å²) >= 11 is 0. The van der Waals surface area contributed by atoms with Crippen LogP contribution in [-0.2, 0) is 20.9 Å². The summed E-state index contributed by atoms with van der Waals surface area (Å²) in [6.45, 7) is 1.92. The van der Waals surface area contributed by atoms with Crippen molar-refractivity contribution in [2.75, 3.05) is 13.1 Å². The molecule has 0 unspecified atom stereocenters. The second kappa shape index (κ2) is 7.34. The molecule has 3 rings (SSSR count). The minimum absolute atomic E-state index is 0.0152. The number of amides is 1. The van der Waals surface area contributed by atoms with Gasteiger partial charge in [0.1, 0.15) is 0 Å². The van der Waals surface area contributed by atoms with Crippen molar-refractivity contribution in [1.29, 1.82) is 0 Å². The Kier molecular flexibility index (Phi) is 5.19. The van der Waals surface area contributed by atoms with Crippen LogP contribution in [0, 0.1) is 5.41 Å². The molecule has 2 fully saturated rings. The van der Waals surface area contributed by atoms with Crippen molar-refractivity contribution in [2.45, 2.75) is 51.2 Å². The fourth-order valence-corrected chi connectivity index (χ4v) is 3.53. The average molecular weight is 331 g/mol. The fraction of sp³-hybridized carbons (Fsp3) is 0.579. The summed E-state index contributed by atoms with van der Waals surface area (Å²) in [6.07, 6.45) is 4.13. The minimum atomic E-state index is -0.816. The molecular weight excluding hydrogens is 306 g/mol. The highest BCUT2D eigenvalue weighted by Crippen LogP contribution is 2.44. The molecule has 5 heteroatoms. The summed E-state index contributed by atoms with van der Waals surface area (Å²) in [6, 6.07) is 10.1. The van der Waals surface area contributed by atoms with Gasteiger partial charge in [0.15, 0.2) is 0 Å². The van der Waals surface area contributed by atoms with Gasteiger partial charge in [-0.1, -0.05) is 36.8 Å². The SMILES string of the molecule is O=C(CC1(C(=O)O)CCC1)N1CCC(OCc2ccccc2)CC1. The molecule has 0 radical (unpaired) electrons. The van der Waals surface area contributed by atoms with Crippen LogP contribution in [-0.4, -0.2) is 41.1 Å². The van der Waals surface area contributed by atoms with Crippen LogP contribution in [0.1, 0.15) is 44.1 Å². The number of carboxylic acid groups (broad SMARTS) is 1. The lowest BCUT2D eigenvalue weighted by molar-refractivity contribution is -0.160. The van der Waals surface area contributed by atoms with Crippen LogP contribution in [0.15, 0.2) is 30.3 Å². The molecule has 1 aromatic carbocycles. The first kappa shape index (κ1) is 17.0. The molecule has 5 nitrogen and oxygen atoms in total. The molecule has 24 heavy (non-hydrogen) atoms. The van der Waals surface area contributed by atoms with E-state index in [1.165, 1.54) is 0 Å². The number of piperidine rings is 1. The largest absolute Gasteiger partial charge is 0.481 e. The van der Waals surface area contributed by atoms with Gasteiger partial charge in [-0.3, -0.25) is 9.59 Å². The number of benzene rings is 1. The van der Waals surface area contributed by atoms with Crippen molar-refractivity contribution in [1.82, 2.24) is 4.90 Å². The van der Waals surface area contributed by atoms with Crippen molar-refractivity contribution in [3.8, 4) is 0 Å². The molecule has 1 saturated heterocycles. The van der Waals surface area contributed by atoms with Gasteiger partial charge in [0, 0.05) is 19.5 Å². The van der Waals surface area contributed by atoms with Gasteiger partial charge >= 0.3 is 5.97 Å². The molecule has 1 saturated carbocycles. The Hall–Kier alpha value is -1.88. The van der Waals surface area contributed by atoms with Gasteiger partial charge in [0.25, 0.3) is 0 Å². The van der Waals surface area contributed by atoms with Gasteiger partial charge in [-0.15, -0.1) is 0 Å². The lowest BCUT2D eigenvalue weighted by atomic mass is 9.66. The van der Waals surface area contributed by atoms with Crippen LogP contribution in [0.3, 0.4) is 0 Å². The Morgan fingerprint density at radius 1 is 1.17 bits per heavy atom. The van der Waals surface area contributed by atoms with E-state index in [4.69, 9.17) is 4.74 Å². The van der Waals surface area contributed by atoms with E-state index in [1.54, 1.807) is 0 Å². The first-order chi connectivity index (χ1) is 11.6. The average Bonchev–Trinajstić information content (AvgIpc) is 2.57. The third-order valence-electron chi connectivity index (χ3n) is 5.38. The normalized spacial score (nSPS) is 20.4. The Morgan fingerprint density at radius 2 is 1.83 bits per heavy atom. The van der Waals surface area contributed by atoms with E-state index in [0.29, 0.717) is 32.5 Å². The number of hydrogen-bond donors (Lipinski definition) is 1. The zero-order chi connectivity index (χ0) is 17.0. The number of hydrogen-bond acceptors (Lipinski definition) is 3. The van der Waals surface area contributed by atoms with E-state index in [-0.39, 0.29) is 18.4 Å². The highest BCUT2D eigenvalue weighted by molar-refractivity contribution is 5.85. The Bertz CT molecular complexity index is 574. The standard InChI is InChI=1S/C19H25NO4/c21-17(13-19(18(22)23)9-4-10-19)20-11-7-16(8-12-20)24-14-15-5-2-1-3-6-15/h1-3,5-6,16H,4,7-14H2,(H,22,23). The second-order valence-electron chi connectivity index (χ2n) is 6.99. The van der Waals surface area contributed by atoms with Crippen molar-refractivity contribution >= 4 is 11.9 Å². The first-order valence-corrected chi connectivity index (χ1v) is 8.76. The molecule has 0 aromatic heterocycles. The fourth-order valence-electron chi connectivity index (χ4n) is 3.53. The summed E-state index contributed by atoms with van der Waals surface area (Å²) in [5.41, 5.74) is 0.363. The second-order valence-corrected chi connectivity index (χ2v) is 6.99. The maximum atomic E-state index is 12.4. The van der Waals surface area contributed by atoms with Gasteiger partial charge in [-0.25, -0.2) is 0 Å². The third-order valence-corrected chi connectivity index (χ3v) is 5.38. The number of ether oxygens (including phenoxy) is 1. The number of aliphatic carboxylic acids is 1. The van der Waals surface area contributed by atoms with E-state index in [9.17, 15) is 14.7 Å². The Morgan fingerprint density at radius 3 is 2.38 bits per heavy atom. The van der Waals surface area contributed by atoms with E-state index in [2.05, 4.69) is 0 Å². The van der Waals surface area contributed by atoms with Crippen LogP contribution in [0.25, 0.3) is 0 Å². The first-order valence-electron chi connectivity index (χ1n) is 8.76. The molecule has 0 bridgehead atoms. The molecule has 0 atom stereocenters. The van der Waals surface area contributed by atoms with Crippen LogP contribution in [0.4, 0.5) is 0 Å². The van der Waals surface area contributed by atoms with Crippen LogP contribution >= 0.6 is 0 Å². The van der Waals surface area contributed by atoms with Crippen molar-refractivity contribution < 1.29 is 19.4 Å². The molecule has 2 aliphatic rings. The third kappa shape index (κ3) is 3.78. The number of likely N-dealkylation sites (tertiary alicyclic amines) is 1. The van der Waals surface area contributed by atoms with E-state index < -0.39 is 11.4 Å². The number of nitrogens with zero attached hydrogens (tertiary/aromatic N) is 1. The van der Waals surface area contributed by atoms with Crippen molar-refractivity contribution in [3.63, 3.8) is 0 Å². The number of carbonyl (C=O) groups excluding carboxylic acids is 1. The van der Waals surface area contributed by atoms with Gasteiger partial charge in [-0.05, 0) is 31.2 Å². The molecule has 1 N–H and O–H groups in total. The lowest BCUT2D eigenvalue weighted by Crippen LogP contribution is -2.46. The van der Waals surface area contributed by atoms with E-state index in [1.807, 2.05) is 35.2 Å². The van der Waals surface area contributed by atoms with Gasteiger partial charge in [0.2, 0.25) is 5.91 Å². The summed E-state index contributed by atoms with van der Waals surface area (Å²) in [5, 5.41) is 9.36. The molecule has 130 valence electrons. The summed E-state index contributed by atoms with van der Waals surface area (Å²) in [4.78, 5) is 25.6. The highest BCUT2D eigenvalue weighted by atomic mass is 16.5.